The third-order valence-corrected chi connectivity index (χ3v) is 2.73. The number of aryl methyl sites for hydroxylation is 1. The average Bonchev–Trinajstić information content (AvgIpc) is 2.29. The number of hydrogen-bond acceptors (Lipinski definition) is 3. The molecule has 0 aliphatic heterocycles. The lowest BCUT2D eigenvalue weighted by atomic mass is 10.0. The second kappa shape index (κ2) is 6.63. The summed E-state index contributed by atoms with van der Waals surface area (Å²) in [6, 6.07) is 8.64. The van der Waals surface area contributed by atoms with Gasteiger partial charge in [-0.1, -0.05) is 29.8 Å². The molecule has 3 nitrogen and oxygen atoms in total. The Balaban J connectivity index is 2.60. The summed E-state index contributed by atoms with van der Waals surface area (Å²) in [6.45, 7) is 5.54. The van der Waals surface area contributed by atoms with Gasteiger partial charge in [0, 0.05) is 26.2 Å². The predicted molar refractivity (Wildman–Crippen MR) is 67.4 cm³/mol. The van der Waals surface area contributed by atoms with Crippen LogP contribution in [-0.2, 0) is 4.74 Å². The number of rotatable bonds is 6. The lowest BCUT2D eigenvalue weighted by Gasteiger charge is -2.20. The lowest BCUT2D eigenvalue weighted by molar-refractivity contribution is 0.114. The first kappa shape index (κ1) is 13.2. The van der Waals surface area contributed by atoms with Crippen molar-refractivity contribution in [3.63, 3.8) is 0 Å². The van der Waals surface area contributed by atoms with Crippen LogP contribution in [0.15, 0.2) is 24.3 Å². The van der Waals surface area contributed by atoms with E-state index in [1.807, 2.05) is 6.92 Å². The number of nitrogens with one attached hydrogen (secondary N) is 1. The van der Waals surface area contributed by atoms with Crippen molar-refractivity contribution < 1.29 is 4.74 Å². The van der Waals surface area contributed by atoms with E-state index < -0.39 is 0 Å². The molecule has 2 atom stereocenters. The Morgan fingerprint density at radius 1 is 1.44 bits per heavy atom. The molecule has 0 saturated carbocycles. The standard InChI is InChI=1S/C13H22N2O/c1-10-5-4-6-12(7-10)13(8-14)15-9-11(2)16-3/h4-7,11,13,15H,8-9,14H2,1-3H3. The van der Waals surface area contributed by atoms with E-state index in [1.54, 1.807) is 7.11 Å². The van der Waals surface area contributed by atoms with Gasteiger partial charge in [0.2, 0.25) is 0 Å². The van der Waals surface area contributed by atoms with Crippen LogP contribution in [0.1, 0.15) is 24.1 Å². The summed E-state index contributed by atoms with van der Waals surface area (Å²) in [7, 11) is 1.72. The zero-order valence-electron chi connectivity index (χ0n) is 10.4. The molecule has 0 spiro atoms. The van der Waals surface area contributed by atoms with E-state index >= 15 is 0 Å². The highest BCUT2D eigenvalue weighted by Gasteiger charge is 2.10. The minimum absolute atomic E-state index is 0.206. The predicted octanol–water partition coefficient (Wildman–Crippen LogP) is 1.62. The average molecular weight is 222 g/mol. The molecule has 0 aliphatic carbocycles. The number of ether oxygens (including phenoxy) is 1. The molecule has 3 heteroatoms. The quantitative estimate of drug-likeness (QED) is 0.769. The first-order valence-electron chi connectivity index (χ1n) is 5.70. The summed E-state index contributed by atoms with van der Waals surface area (Å²) in [5.74, 6) is 0. The topological polar surface area (TPSA) is 47.3 Å². The lowest BCUT2D eigenvalue weighted by Crippen LogP contribution is -2.34. The molecule has 0 fully saturated rings. The molecule has 1 rings (SSSR count). The van der Waals surface area contributed by atoms with E-state index in [2.05, 4.69) is 36.5 Å². The molecule has 0 saturated heterocycles. The first-order valence-corrected chi connectivity index (χ1v) is 5.70. The number of benzene rings is 1. The summed E-state index contributed by atoms with van der Waals surface area (Å²) in [4.78, 5) is 0. The summed E-state index contributed by atoms with van der Waals surface area (Å²) in [5, 5.41) is 3.41. The molecule has 1 aromatic carbocycles. The summed E-state index contributed by atoms with van der Waals surface area (Å²) >= 11 is 0. The Labute approximate surface area is 98.0 Å². The van der Waals surface area contributed by atoms with Gasteiger partial charge in [-0.25, -0.2) is 0 Å². The third-order valence-electron chi connectivity index (χ3n) is 2.73. The van der Waals surface area contributed by atoms with Crippen LogP contribution in [-0.4, -0.2) is 26.3 Å². The van der Waals surface area contributed by atoms with E-state index in [9.17, 15) is 0 Å². The van der Waals surface area contributed by atoms with Crippen LogP contribution in [0.4, 0.5) is 0 Å². The molecular formula is C13H22N2O. The van der Waals surface area contributed by atoms with Crippen molar-refractivity contribution in [3.8, 4) is 0 Å². The van der Waals surface area contributed by atoms with Gasteiger partial charge in [-0.3, -0.25) is 0 Å². The highest BCUT2D eigenvalue weighted by atomic mass is 16.5. The van der Waals surface area contributed by atoms with Crippen molar-refractivity contribution >= 4 is 0 Å². The van der Waals surface area contributed by atoms with Crippen LogP contribution in [0.25, 0.3) is 0 Å². The molecule has 0 heterocycles. The molecule has 0 bridgehead atoms. The van der Waals surface area contributed by atoms with Crippen LogP contribution in [0, 0.1) is 6.92 Å². The maximum absolute atomic E-state index is 5.78. The highest BCUT2D eigenvalue weighted by molar-refractivity contribution is 5.25. The van der Waals surface area contributed by atoms with Gasteiger partial charge in [0.25, 0.3) is 0 Å². The van der Waals surface area contributed by atoms with Crippen molar-refractivity contribution in [2.24, 2.45) is 5.73 Å². The van der Waals surface area contributed by atoms with Gasteiger partial charge in [-0.15, -0.1) is 0 Å². The molecule has 90 valence electrons. The minimum atomic E-state index is 0.206. The fourth-order valence-electron chi connectivity index (χ4n) is 1.62. The van der Waals surface area contributed by atoms with Crippen molar-refractivity contribution in [2.45, 2.75) is 26.0 Å². The molecule has 1 aromatic rings. The number of hydrogen-bond donors (Lipinski definition) is 2. The van der Waals surface area contributed by atoms with Gasteiger partial charge in [-0.2, -0.15) is 0 Å². The van der Waals surface area contributed by atoms with E-state index in [0.29, 0.717) is 6.54 Å². The summed E-state index contributed by atoms with van der Waals surface area (Å²) in [6.07, 6.45) is 0.207. The second-order valence-corrected chi connectivity index (χ2v) is 4.16. The smallest absolute Gasteiger partial charge is 0.0667 e. The van der Waals surface area contributed by atoms with Crippen LogP contribution < -0.4 is 11.1 Å². The molecule has 2 unspecified atom stereocenters. The van der Waals surface area contributed by atoms with Crippen LogP contribution in [0.2, 0.25) is 0 Å². The van der Waals surface area contributed by atoms with Gasteiger partial charge >= 0.3 is 0 Å². The maximum atomic E-state index is 5.78. The number of methoxy groups -OCH3 is 1. The highest BCUT2D eigenvalue weighted by Crippen LogP contribution is 2.13. The molecule has 0 aromatic heterocycles. The Hall–Kier alpha value is -0.900. The van der Waals surface area contributed by atoms with E-state index in [1.165, 1.54) is 11.1 Å². The molecule has 16 heavy (non-hydrogen) atoms. The molecule has 3 N–H and O–H groups in total. The Kier molecular flexibility index (Phi) is 5.46. The molecule has 0 amide bonds. The van der Waals surface area contributed by atoms with Gasteiger partial charge in [0.05, 0.1) is 6.10 Å². The zero-order valence-corrected chi connectivity index (χ0v) is 10.4. The van der Waals surface area contributed by atoms with Gasteiger partial charge < -0.3 is 15.8 Å². The van der Waals surface area contributed by atoms with Gasteiger partial charge in [0.15, 0.2) is 0 Å². The maximum Gasteiger partial charge on any atom is 0.0667 e. The molecular weight excluding hydrogens is 200 g/mol. The summed E-state index contributed by atoms with van der Waals surface area (Å²) < 4.78 is 5.20. The van der Waals surface area contributed by atoms with Crippen molar-refractivity contribution in [3.05, 3.63) is 35.4 Å². The van der Waals surface area contributed by atoms with Crippen molar-refractivity contribution in [1.82, 2.24) is 5.32 Å². The SMILES string of the molecule is COC(C)CNC(CN)c1cccc(C)c1. The zero-order chi connectivity index (χ0) is 12.0. The van der Waals surface area contributed by atoms with Crippen LogP contribution >= 0.6 is 0 Å². The Morgan fingerprint density at radius 3 is 2.75 bits per heavy atom. The number of nitrogens with two attached hydrogens (primary N) is 1. The van der Waals surface area contributed by atoms with Crippen LogP contribution in [0.3, 0.4) is 0 Å². The molecule has 0 aliphatic rings. The summed E-state index contributed by atoms with van der Waals surface area (Å²) in [5.41, 5.74) is 8.28. The Bertz CT molecular complexity index is 315. The third kappa shape index (κ3) is 3.93. The van der Waals surface area contributed by atoms with Crippen LogP contribution in [0.5, 0.6) is 0 Å². The van der Waals surface area contributed by atoms with E-state index in [4.69, 9.17) is 10.5 Å². The van der Waals surface area contributed by atoms with E-state index in [-0.39, 0.29) is 12.1 Å². The fraction of sp³-hybridized carbons (Fsp3) is 0.538. The second-order valence-electron chi connectivity index (χ2n) is 4.16. The first-order chi connectivity index (χ1) is 7.67. The Morgan fingerprint density at radius 2 is 2.19 bits per heavy atom. The minimum Gasteiger partial charge on any atom is -0.380 e. The van der Waals surface area contributed by atoms with Gasteiger partial charge in [-0.05, 0) is 19.4 Å². The van der Waals surface area contributed by atoms with Gasteiger partial charge in [0.1, 0.15) is 0 Å². The fourth-order valence-corrected chi connectivity index (χ4v) is 1.62. The van der Waals surface area contributed by atoms with Crippen molar-refractivity contribution in [2.75, 3.05) is 20.2 Å². The normalized spacial score (nSPS) is 14.8. The van der Waals surface area contributed by atoms with E-state index in [0.717, 1.165) is 6.54 Å². The van der Waals surface area contributed by atoms with Crippen molar-refractivity contribution in [1.29, 1.82) is 0 Å². The largest absolute Gasteiger partial charge is 0.380 e. The molecule has 0 radical (unpaired) electrons. The monoisotopic (exact) mass is 222 g/mol.